The third-order valence-corrected chi connectivity index (χ3v) is 4.98. The number of rotatable bonds is 3. The summed E-state index contributed by atoms with van der Waals surface area (Å²) in [7, 11) is -3.38. The topological polar surface area (TPSA) is 89.3 Å². The van der Waals surface area contributed by atoms with E-state index in [9.17, 15) is 13.2 Å². The highest BCUT2D eigenvalue weighted by Gasteiger charge is 2.21. The number of nitrogen functional groups attached to an aromatic ring is 1. The molecule has 1 aliphatic rings. The number of hydrogen-bond donors (Lipinski definition) is 2. The predicted octanol–water partition coefficient (Wildman–Crippen LogP) is 1.98. The number of carbonyl (C=O) groups is 1. The SMILES string of the molecule is CC1CCCC(NC(=O)c2cc(N)cc(S(C)(=O)=O)c2)C1. The van der Waals surface area contributed by atoms with E-state index in [1.807, 2.05) is 0 Å². The molecule has 1 fully saturated rings. The fourth-order valence-corrected chi connectivity index (χ4v) is 3.49. The van der Waals surface area contributed by atoms with E-state index in [1.54, 1.807) is 0 Å². The lowest BCUT2D eigenvalue weighted by molar-refractivity contribution is 0.0921. The molecule has 21 heavy (non-hydrogen) atoms. The standard InChI is InChI=1S/C15H22N2O3S/c1-10-4-3-5-13(6-10)17-15(18)11-7-12(16)9-14(8-11)21(2,19)20/h7-10,13H,3-6,16H2,1-2H3,(H,17,18). The van der Waals surface area contributed by atoms with E-state index in [0.29, 0.717) is 11.5 Å². The number of nitrogens with one attached hydrogen (secondary N) is 1. The zero-order chi connectivity index (χ0) is 15.6. The summed E-state index contributed by atoms with van der Waals surface area (Å²) >= 11 is 0. The van der Waals surface area contributed by atoms with Crippen molar-refractivity contribution >= 4 is 21.4 Å². The number of carbonyl (C=O) groups excluding carboxylic acids is 1. The molecule has 2 rings (SSSR count). The van der Waals surface area contributed by atoms with Crippen molar-refractivity contribution in [3.05, 3.63) is 23.8 Å². The van der Waals surface area contributed by atoms with Crippen LogP contribution in [0.2, 0.25) is 0 Å². The van der Waals surface area contributed by atoms with Crippen LogP contribution in [0, 0.1) is 5.92 Å². The van der Waals surface area contributed by atoms with Gasteiger partial charge in [0, 0.05) is 23.5 Å². The maximum Gasteiger partial charge on any atom is 0.251 e. The number of hydrogen-bond acceptors (Lipinski definition) is 4. The van der Waals surface area contributed by atoms with Gasteiger partial charge in [-0.1, -0.05) is 19.8 Å². The highest BCUT2D eigenvalue weighted by Crippen LogP contribution is 2.24. The van der Waals surface area contributed by atoms with E-state index in [2.05, 4.69) is 12.2 Å². The van der Waals surface area contributed by atoms with Gasteiger partial charge in [-0.3, -0.25) is 4.79 Å². The normalized spacial score (nSPS) is 22.8. The van der Waals surface area contributed by atoms with Gasteiger partial charge >= 0.3 is 0 Å². The van der Waals surface area contributed by atoms with Crippen LogP contribution in [0.3, 0.4) is 0 Å². The zero-order valence-corrected chi connectivity index (χ0v) is 13.2. The van der Waals surface area contributed by atoms with Gasteiger partial charge in [0.2, 0.25) is 0 Å². The van der Waals surface area contributed by atoms with Crippen molar-refractivity contribution in [1.82, 2.24) is 5.32 Å². The minimum absolute atomic E-state index is 0.0738. The minimum Gasteiger partial charge on any atom is -0.399 e. The lowest BCUT2D eigenvalue weighted by atomic mass is 9.87. The van der Waals surface area contributed by atoms with Crippen molar-refractivity contribution in [2.45, 2.75) is 43.5 Å². The van der Waals surface area contributed by atoms with Crippen LogP contribution in [0.5, 0.6) is 0 Å². The Morgan fingerprint density at radius 2 is 2.00 bits per heavy atom. The molecule has 2 unspecified atom stereocenters. The first-order valence-corrected chi connectivity index (χ1v) is 9.06. The van der Waals surface area contributed by atoms with Crippen LogP contribution >= 0.6 is 0 Å². The number of amides is 1. The molecule has 3 N–H and O–H groups in total. The second kappa shape index (κ2) is 6.05. The molecule has 0 aromatic heterocycles. The molecule has 2 atom stereocenters. The monoisotopic (exact) mass is 310 g/mol. The lowest BCUT2D eigenvalue weighted by Gasteiger charge is -2.27. The number of anilines is 1. The Balaban J connectivity index is 2.17. The van der Waals surface area contributed by atoms with E-state index < -0.39 is 9.84 Å². The Kier molecular flexibility index (Phi) is 4.56. The first kappa shape index (κ1) is 15.8. The molecule has 1 aliphatic carbocycles. The van der Waals surface area contributed by atoms with Crippen molar-refractivity contribution in [2.75, 3.05) is 12.0 Å². The number of benzene rings is 1. The first-order valence-electron chi connectivity index (χ1n) is 7.17. The van der Waals surface area contributed by atoms with E-state index in [1.165, 1.54) is 24.6 Å². The van der Waals surface area contributed by atoms with Crippen LogP contribution in [0.15, 0.2) is 23.1 Å². The van der Waals surface area contributed by atoms with Crippen molar-refractivity contribution in [1.29, 1.82) is 0 Å². The van der Waals surface area contributed by atoms with Crippen molar-refractivity contribution in [3.8, 4) is 0 Å². The molecule has 5 nitrogen and oxygen atoms in total. The van der Waals surface area contributed by atoms with E-state index in [0.717, 1.165) is 25.5 Å². The third-order valence-electron chi connectivity index (χ3n) is 3.89. The Bertz CT molecular complexity index is 640. The van der Waals surface area contributed by atoms with Crippen LogP contribution in [-0.2, 0) is 9.84 Å². The van der Waals surface area contributed by atoms with Gasteiger partial charge in [0.05, 0.1) is 4.90 Å². The molecule has 0 spiro atoms. The molecule has 0 heterocycles. The zero-order valence-electron chi connectivity index (χ0n) is 12.4. The Labute approximate surface area is 125 Å². The fraction of sp³-hybridized carbons (Fsp3) is 0.533. The van der Waals surface area contributed by atoms with E-state index in [-0.39, 0.29) is 22.5 Å². The van der Waals surface area contributed by atoms with Crippen LogP contribution in [-0.4, -0.2) is 26.6 Å². The largest absolute Gasteiger partial charge is 0.399 e. The molecule has 0 radical (unpaired) electrons. The lowest BCUT2D eigenvalue weighted by Crippen LogP contribution is -2.38. The van der Waals surface area contributed by atoms with Gasteiger partial charge in [0.15, 0.2) is 9.84 Å². The van der Waals surface area contributed by atoms with E-state index >= 15 is 0 Å². The van der Waals surface area contributed by atoms with Gasteiger partial charge in [0.1, 0.15) is 0 Å². The summed E-state index contributed by atoms with van der Waals surface area (Å²) < 4.78 is 23.2. The number of nitrogens with two attached hydrogens (primary N) is 1. The molecule has 1 aromatic carbocycles. The second-order valence-electron chi connectivity index (χ2n) is 6.01. The first-order chi connectivity index (χ1) is 9.75. The quantitative estimate of drug-likeness (QED) is 0.835. The third kappa shape index (κ3) is 4.20. The Morgan fingerprint density at radius 1 is 1.29 bits per heavy atom. The summed E-state index contributed by atoms with van der Waals surface area (Å²) in [4.78, 5) is 12.4. The predicted molar refractivity (Wildman–Crippen MR) is 82.9 cm³/mol. The van der Waals surface area contributed by atoms with Crippen molar-refractivity contribution in [3.63, 3.8) is 0 Å². The maximum absolute atomic E-state index is 12.3. The average Bonchev–Trinajstić information content (AvgIpc) is 2.37. The van der Waals surface area contributed by atoms with Gasteiger partial charge in [0.25, 0.3) is 5.91 Å². The highest BCUT2D eigenvalue weighted by atomic mass is 32.2. The molecular weight excluding hydrogens is 288 g/mol. The Hall–Kier alpha value is -1.56. The molecule has 0 bridgehead atoms. The summed E-state index contributed by atoms with van der Waals surface area (Å²) in [5.74, 6) is 0.350. The molecule has 0 aliphatic heterocycles. The summed E-state index contributed by atoms with van der Waals surface area (Å²) in [6.45, 7) is 2.18. The van der Waals surface area contributed by atoms with Crippen LogP contribution in [0.1, 0.15) is 43.0 Å². The molecule has 6 heteroatoms. The van der Waals surface area contributed by atoms with Crippen LogP contribution in [0.25, 0.3) is 0 Å². The fourth-order valence-electron chi connectivity index (χ4n) is 2.80. The van der Waals surface area contributed by atoms with Gasteiger partial charge < -0.3 is 11.1 Å². The molecule has 0 saturated heterocycles. The smallest absolute Gasteiger partial charge is 0.251 e. The Morgan fingerprint density at radius 3 is 2.62 bits per heavy atom. The summed E-state index contributed by atoms with van der Waals surface area (Å²) in [6.07, 6.45) is 5.34. The highest BCUT2D eigenvalue weighted by molar-refractivity contribution is 7.90. The molecular formula is C15H22N2O3S. The second-order valence-corrected chi connectivity index (χ2v) is 8.02. The summed E-state index contributed by atoms with van der Waals surface area (Å²) in [6, 6.07) is 4.42. The molecule has 1 amide bonds. The summed E-state index contributed by atoms with van der Waals surface area (Å²) in [5.41, 5.74) is 6.28. The molecule has 1 aromatic rings. The molecule has 1 saturated carbocycles. The van der Waals surface area contributed by atoms with Gasteiger partial charge in [-0.25, -0.2) is 8.42 Å². The molecule has 116 valence electrons. The van der Waals surface area contributed by atoms with E-state index in [4.69, 9.17) is 5.73 Å². The van der Waals surface area contributed by atoms with Crippen molar-refractivity contribution < 1.29 is 13.2 Å². The van der Waals surface area contributed by atoms with Gasteiger partial charge in [-0.15, -0.1) is 0 Å². The van der Waals surface area contributed by atoms with Gasteiger partial charge in [-0.2, -0.15) is 0 Å². The minimum atomic E-state index is -3.38. The number of sulfone groups is 1. The van der Waals surface area contributed by atoms with Crippen LogP contribution < -0.4 is 11.1 Å². The average molecular weight is 310 g/mol. The van der Waals surface area contributed by atoms with Gasteiger partial charge in [-0.05, 0) is 37.0 Å². The summed E-state index contributed by atoms with van der Waals surface area (Å²) in [5, 5.41) is 2.98. The van der Waals surface area contributed by atoms with Crippen molar-refractivity contribution in [2.24, 2.45) is 5.92 Å². The van der Waals surface area contributed by atoms with Crippen LogP contribution in [0.4, 0.5) is 5.69 Å². The maximum atomic E-state index is 12.3.